The van der Waals surface area contributed by atoms with Crippen LogP contribution in [0.5, 0.6) is 5.75 Å². The van der Waals surface area contributed by atoms with Crippen molar-refractivity contribution in [3.8, 4) is 5.75 Å². The number of nitrogens with zero attached hydrogens (tertiary/aromatic N) is 1. The van der Waals surface area contributed by atoms with E-state index in [9.17, 15) is 9.59 Å². The van der Waals surface area contributed by atoms with E-state index in [-0.39, 0.29) is 12.5 Å². The molecule has 24 heavy (non-hydrogen) atoms. The molecule has 0 aromatic heterocycles. The molecule has 1 unspecified atom stereocenters. The molecule has 2 aliphatic rings. The summed E-state index contributed by atoms with van der Waals surface area (Å²) in [5.74, 6) is 1.37. The van der Waals surface area contributed by atoms with Gasteiger partial charge < -0.3 is 20.1 Å². The second kappa shape index (κ2) is 7.66. The van der Waals surface area contributed by atoms with Crippen LogP contribution in [0.1, 0.15) is 29.6 Å². The van der Waals surface area contributed by atoms with Gasteiger partial charge in [-0.3, -0.25) is 9.59 Å². The molecule has 0 aliphatic carbocycles. The van der Waals surface area contributed by atoms with Gasteiger partial charge in [0.25, 0.3) is 5.91 Å². The number of ether oxygens (including phenoxy) is 2. The summed E-state index contributed by atoms with van der Waals surface area (Å²) in [7, 11) is 0. The molecule has 1 aromatic rings. The monoisotopic (exact) mass is 332 g/mol. The lowest BCUT2D eigenvalue weighted by Crippen LogP contribution is -2.34. The predicted molar refractivity (Wildman–Crippen MR) is 88.7 cm³/mol. The number of carbonyl (C=O) groups excluding carboxylic acids is 2. The SMILES string of the molecule is NC(=O)c1ccc(OCC(=O)N2CCC(C3CCOCC3)C2)cc1. The topological polar surface area (TPSA) is 81.9 Å². The number of hydrogen-bond donors (Lipinski definition) is 1. The Balaban J connectivity index is 1.46. The summed E-state index contributed by atoms with van der Waals surface area (Å²) >= 11 is 0. The highest BCUT2D eigenvalue weighted by Gasteiger charge is 2.32. The molecule has 0 bridgehead atoms. The zero-order chi connectivity index (χ0) is 16.9. The normalized spacial score (nSPS) is 21.7. The van der Waals surface area contributed by atoms with Gasteiger partial charge in [-0.05, 0) is 55.4 Å². The van der Waals surface area contributed by atoms with Crippen molar-refractivity contribution in [2.45, 2.75) is 19.3 Å². The molecule has 0 saturated carbocycles. The summed E-state index contributed by atoms with van der Waals surface area (Å²) in [6, 6.07) is 6.50. The zero-order valence-corrected chi connectivity index (χ0v) is 13.8. The highest BCUT2D eigenvalue weighted by atomic mass is 16.5. The highest BCUT2D eigenvalue weighted by molar-refractivity contribution is 5.92. The summed E-state index contributed by atoms with van der Waals surface area (Å²) in [5, 5.41) is 0. The second-order valence-corrected chi connectivity index (χ2v) is 6.52. The van der Waals surface area contributed by atoms with Crippen LogP contribution in [0.3, 0.4) is 0 Å². The number of amides is 2. The Morgan fingerprint density at radius 3 is 2.50 bits per heavy atom. The zero-order valence-electron chi connectivity index (χ0n) is 13.8. The Morgan fingerprint density at radius 2 is 1.83 bits per heavy atom. The van der Waals surface area contributed by atoms with E-state index in [1.807, 2.05) is 4.90 Å². The van der Waals surface area contributed by atoms with E-state index in [4.69, 9.17) is 15.2 Å². The molecular weight excluding hydrogens is 308 g/mol. The first-order chi connectivity index (χ1) is 11.6. The van der Waals surface area contributed by atoms with E-state index < -0.39 is 5.91 Å². The molecular formula is C18H24N2O4. The minimum atomic E-state index is -0.478. The van der Waals surface area contributed by atoms with Crippen molar-refractivity contribution in [3.63, 3.8) is 0 Å². The van der Waals surface area contributed by atoms with Crippen LogP contribution in [0.2, 0.25) is 0 Å². The molecule has 3 rings (SSSR count). The quantitative estimate of drug-likeness (QED) is 0.884. The van der Waals surface area contributed by atoms with Gasteiger partial charge >= 0.3 is 0 Å². The third-order valence-corrected chi connectivity index (χ3v) is 5.01. The Hall–Kier alpha value is -2.08. The van der Waals surface area contributed by atoms with Gasteiger partial charge in [0.15, 0.2) is 6.61 Å². The summed E-state index contributed by atoms with van der Waals surface area (Å²) in [6.07, 6.45) is 3.29. The number of primary amides is 1. The molecule has 130 valence electrons. The lowest BCUT2D eigenvalue weighted by atomic mass is 9.85. The number of hydrogen-bond acceptors (Lipinski definition) is 4. The first-order valence-corrected chi connectivity index (χ1v) is 8.51. The predicted octanol–water partition coefficient (Wildman–Crippen LogP) is 1.44. The van der Waals surface area contributed by atoms with E-state index in [0.29, 0.717) is 23.1 Å². The molecule has 2 heterocycles. The van der Waals surface area contributed by atoms with E-state index in [1.54, 1.807) is 24.3 Å². The largest absolute Gasteiger partial charge is 0.484 e. The van der Waals surface area contributed by atoms with Crippen LogP contribution in [-0.2, 0) is 9.53 Å². The van der Waals surface area contributed by atoms with E-state index in [2.05, 4.69) is 0 Å². The van der Waals surface area contributed by atoms with Crippen molar-refractivity contribution >= 4 is 11.8 Å². The third-order valence-electron chi connectivity index (χ3n) is 5.01. The number of carbonyl (C=O) groups is 2. The van der Waals surface area contributed by atoms with Gasteiger partial charge in [-0.25, -0.2) is 0 Å². The molecule has 2 saturated heterocycles. The molecule has 2 fully saturated rings. The molecule has 0 spiro atoms. The van der Waals surface area contributed by atoms with Crippen LogP contribution in [0.4, 0.5) is 0 Å². The molecule has 6 nitrogen and oxygen atoms in total. The van der Waals surface area contributed by atoms with Gasteiger partial charge in [0, 0.05) is 31.9 Å². The fourth-order valence-electron chi connectivity index (χ4n) is 3.54. The summed E-state index contributed by atoms with van der Waals surface area (Å²) in [6.45, 7) is 3.35. The van der Waals surface area contributed by atoms with Crippen molar-refractivity contribution < 1.29 is 19.1 Å². The Morgan fingerprint density at radius 1 is 1.12 bits per heavy atom. The number of likely N-dealkylation sites (tertiary alicyclic amines) is 1. The molecule has 6 heteroatoms. The third kappa shape index (κ3) is 4.06. The van der Waals surface area contributed by atoms with Gasteiger partial charge in [0.05, 0.1) is 0 Å². The lowest BCUT2D eigenvalue weighted by Gasteiger charge is -2.27. The molecule has 1 atom stereocenters. The maximum absolute atomic E-state index is 12.3. The van der Waals surface area contributed by atoms with Gasteiger partial charge in [-0.2, -0.15) is 0 Å². The van der Waals surface area contributed by atoms with Crippen molar-refractivity contribution in [2.24, 2.45) is 17.6 Å². The first kappa shape index (κ1) is 16.8. The van der Waals surface area contributed by atoms with E-state index in [1.165, 1.54) is 0 Å². The van der Waals surface area contributed by atoms with E-state index in [0.717, 1.165) is 45.6 Å². The summed E-state index contributed by atoms with van der Waals surface area (Å²) in [4.78, 5) is 25.3. The molecule has 1 aromatic carbocycles. The molecule has 2 amide bonds. The van der Waals surface area contributed by atoms with E-state index >= 15 is 0 Å². The minimum Gasteiger partial charge on any atom is -0.484 e. The average molecular weight is 332 g/mol. The van der Waals surface area contributed by atoms with Crippen molar-refractivity contribution in [1.29, 1.82) is 0 Å². The van der Waals surface area contributed by atoms with Gasteiger partial charge in [-0.1, -0.05) is 0 Å². The van der Waals surface area contributed by atoms with Crippen LogP contribution >= 0.6 is 0 Å². The minimum absolute atomic E-state index is 0.0172. The van der Waals surface area contributed by atoms with Crippen LogP contribution in [-0.4, -0.2) is 49.6 Å². The van der Waals surface area contributed by atoms with Crippen LogP contribution in [0.25, 0.3) is 0 Å². The molecule has 0 radical (unpaired) electrons. The number of benzene rings is 1. The van der Waals surface area contributed by atoms with Gasteiger partial charge in [0.2, 0.25) is 5.91 Å². The van der Waals surface area contributed by atoms with Crippen LogP contribution in [0, 0.1) is 11.8 Å². The average Bonchev–Trinajstić information content (AvgIpc) is 3.11. The Kier molecular flexibility index (Phi) is 5.35. The summed E-state index contributed by atoms with van der Waals surface area (Å²) in [5.41, 5.74) is 5.62. The van der Waals surface area contributed by atoms with Crippen molar-refractivity contribution in [3.05, 3.63) is 29.8 Å². The Bertz CT molecular complexity index is 581. The maximum Gasteiger partial charge on any atom is 0.260 e. The van der Waals surface area contributed by atoms with Gasteiger partial charge in [0.1, 0.15) is 5.75 Å². The second-order valence-electron chi connectivity index (χ2n) is 6.52. The first-order valence-electron chi connectivity index (χ1n) is 8.51. The highest BCUT2D eigenvalue weighted by Crippen LogP contribution is 2.31. The van der Waals surface area contributed by atoms with Crippen molar-refractivity contribution in [2.75, 3.05) is 32.9 Å². The standard InChI is InChI=1S/C18H24N2O4/c19-18(22)14-1-3-16(4-2-14)24-12-17(21)20-8-5-15(11-20)13-6-9-23-10-7-13/h1-4,13,15H,5-12H2,(H2,19,22). The number of nitrogens with two attached hydrogens (primary N) is 1. The summed E-state index contributed by atoms with van der Waals surface area (Å²) < 4.78 is 10.9. The lowest BCUT2D eigenvalue weighted by molar-refractivity contribution is -0.132. The fraction of sp³-hybridized carbons (Fsp3) is 0.556. The number of rotatable bonds is 5. The molecule has 2 N–H and O–H groups in total. The smallest absolute Gasteiger partial charge is 0.260 e. The van der Waals surface area contributed by atoms with Crippen molar-refractivity contribution in [1.82, 2.24) is 4.90 Å². The maximum atomic E-state index is 12.3. The van der Waals surface area contributed by atoms with Crippen LogP contribution in [0.15, 0.2) is 24.3 Å². The van der Waals surface area contributed by atoms with Crippen LogP contribution < -0.4 is 10.5 Å². The van der Waals surface area contributed by atoms with Gasteiger partial charge in [-0.15, -0.1) is 0 Å². The molecule has 2 aliphatic heterocycles. The fourth-order valence-corrected chi connectivity index (χ4v) is 3.54. The Labute approximate surface area is 141 Å².